The lowest BCUT2D eigenvalue weighted by Crippen LogP contribution is -2.37. The molecule has 7 nitrogen and oxygen atoms in total. The predicted molar refractivity (Wildman–Crippen MR) is 124 cm³/mol. The lowest BCUT2D eigenvalue weighted by Gasteiger charge is -2.26. The highest BCUT2D eigenvalue weighted by Crippen LogP contribution is 2.26. The van der Waals surface area contributed by atoms with Gasteiger partial charge >= 0.3 is 0 Å². The molecule has 4 rings (SSSR count). The number of nitrogens with one attached hydrogen (secondary N) is 2. The molecule has 2 amide bonds. The number of carbonyl (C=O) groups excluding carboxylic acids is 2. The van der Waals surface area contributed by atoms with E-state index in [1.54, 1.807) is 0 Å². The Kier molecular flexibility index (Phi) is 7.74. The fourth-order valence-corrected chi connectivity index (χ4v) is 3.96. The molecule has 0 radical (unpaired) electrons. The summed E-state index contributed by atoms with van der Waals surface area (Å²) in [5.74, 6) is 0.815. The fraction of sp³-hybridized carbons (Fsp3) is 0.440. The fourth-order valence-electron chi connectivity index (χ4n) is 3.96. The molecule has 0 bridgehead atoms. The highest BCUT2D eigenvalue weighted by atomic mass is 16.5. The molecule has 1 fully saturated rings. The van der Waals surface area contributed by atoms with E-state index in [1.165, 1.54) is 5.56 Å². The zero-order valence-electron chi connectivity index (χ0n) is 18.4. The second-order valence-electron chi connectivity index (χ2n) is 8.27. The number of ether oxygens (including phenoxy) is 2. The van der Waals surface area contributed by atoms with Crippen molar-refractivity contribution in [3.8, 4) is 5.75 Å². The Labute approximate surface area is 189 Å². The molecule has 1 saturated heterocycles. The molecule has 170 valence electrons. The van der Waals surface area contributed by atoms with Crippen LogP contribution in [0.1, 0.15) is 30.4 Å². The molecule has 0 saturated carbocycles. The van der Waals surface area contributed by atoms with E-state index in [0.29, 0.717) is 25.9 Å². The minimum absolute atomic E-state index is 0.0113. The first-order chi connectivity index (χ1) is 15.7. The van der Waals surface area contributed by atoms with E-state index in [9.17, 15) is 9.59 Å². The molecular formula is C25H31N3O4. The Hall–Kier alpha value is -2.90. The lowest BCUT2D eigenvalue weighted by molar-refractivity contribution is -0.117. The number of carbonyl (C=O) groups is 2. The Morgan fingerprint density at radius 2 is 1.91 bits per heavy atom. The van der Waals surface area contributed by atoms with Crippen LogP contribution in [0.2, 0.25) is 0 Å². The molecular weight excluding hydrogens is 406 g/mol. The minimum Gasteiger partial charge on any atom is -0.494 e. The van der Waals surface area contributed by atoms with Crippen molar-refractivity contribution < 1.29 is 19.1 Å². The van der Waals surface area contributed by atoms with Gasteiger partial charge in [-0.2, -0.15) is 0 Å². The van der Waals surface area contributed by atoms with Gasteiger partial charge in [0.15, 0.2) is 0 Å². The summed E-state index contributed by atoms with van der Waals surface area (Å²) >= 11 is 0. The van der Waals surface area contributed by atoms with Crippen molar-refractivity contribution in [3.63, 3.8) is 0 Å². The maximum Gasteiger partial charge on any atom is 0.224 e. The van der Waals surface area contributed by atoms with Crippen molar-refractivity contribution in [2.45, 2.75) is 32.1 Å². The number of rotatable bonds is 9. The van der Waals surface area contributed by atoms with Gasteiger partial charge in [0, 0.05) is 43.9 Å². The van der Waals surface area contributed by atoms with Crippen molar-refractivity contribution in [2.24, 2.45) is 0 Å². The Balaban J connectivity index is 1.14. The van der Waals surface area contributed by atoms with E-state index in [4.69, 9.17) is 9.47 Å². The summed E-state index contributed by atoms with van der Waals surface area (Å²) in [6, 6.07) is 13.8. The molecule has 2 N–H and O–H groups in total. The van der Waals surface area contributed by atoms with Crippen LogP contribution in [-0.4, -0.2) is 56.2 Å². The molecule has 0 aromatic heterocycles. The molecule has 2 aliphatic rings. The number of amides is 2. The van der Waals surface area contributed by atoms with Gasteiger partial charge in [0.25, 0.3) is 0 Å². The van der Waals surface area contributed by atoms with Crippen LogP contribution in [0.3, 0.4) is 0 Å². The average molecular weight is 438 g/mol. The molecule has 0 aliphatic carbocycles. The van der Waals surface area contributed by atoms with E-state index >= 15 is 0 Å². The minimum atomic E-state index is -0.0113. The van der Waals surface area contributed by atoms with Crippen LogP contribution in [0.15, 0.2) is 42.5 Å². The summed E-state index contributed by atoms with van der Waals surface area (Å²) in [5.41, 5.74) is 4.05. The zero-order chi connectivity index (χ0) is 22.2. The number of nitrogens with zero attached hydrogens (tertiary/aromatic N) is 1. The molecule has 2 aromatic carbocycles. The molecule has 0 spiro atoms. The Bertz CT molecular complexity index is 923. The monoisotopic (exact) mass is 437 g/mol. The van der Waals surface area contributed by atoms with Crippen molar-refractivity contribution in [3.05, 3.63) is 53.6 Å². The SMILES string of the molecule is O=C(CCCOc1ccc2c(c1)CCC(=O)N2)Nc1ccc(CCN2CCOCC2)cc1. The summed E-state index contributed by atoms with van der Waals surface area (Å²) in [6.45, 7) is 5.16. The smallest absolute Gasteiger partial charge is 0.224 e. The van der Waals surface area contributed by atoms with E-state index < -0.39 is 0 Å². The van der Waals surface area contributed by atoms with Gasteiger partial charge in [-0.1, -0.05) is 12.1 Å². The van der Waals surface area contributed by atoms with Crippen LogP contribution >= 0.6 is 0 Å². The summed E-state index contributed by atoms with van der Waals surface area (Å²) in [4.78, 5) is 26.1. The predicted octanol–water partition coefficient (Wildman–Crippen LogP) is 3.24. The van der Waals surface area contributed by atoms with E-state index in [-0.39, 0.29) is 11.8 Å². The molecule has 0 unspecified atom stereocenters. The quantitative estimate of drug-likeness (QED) is 0.589. The third kappa shape index (κ3) is 6.55. The van der Waals surface area contributed by atoms with E-state index in [1.807, 2.05) is 30.3 Å². The number of hydrogen-bond donors (Lipinski definition) is 2. The molecule has 32 heavy (non-hydrogen) atoms. The summed E-state index contributed by atoms with van der Waals surface area (Å²) in [7, 11) is 0. The van der Waals surface area contributed by atoms with Gasteiger partial charge in [-0.05, 0) is 60.7 Å². The van der Waals surface area contributed by atoms with E-state index in [0.717, 1.165) is 68.4 Å². The van der Waals surface area contributed by atoms with E-state index in [2.05, 4.69) is 27.7 Å². The van der Waals surface area contributed by atoms with Crippen molar-refractivity contribution in [1.29, 1.82) is 0 Å². The van der Waals surface area contributed by atoms with Gasteiger partial charge in [0.2, 0.25) is 11.8 Å². The largest absolute Gasteiger partial charge is 0.494 e. The first kappa shape index (κ1) is 22.3. The number of hydrogen-bond acceptors (Lipinski definition) is 5. The lowest BCUT2D eigenvalue weighted by atomic mass is 10.0. The van der Waals surface area contributed by atoms with Gasteiger partial charge < -0.3 is 20.1 Å². The standard InChI is InChI=1S/C25H31N3O4/c29-24(2-1-15-32-22-8-9-23-20(18-22)5-10-25(30)27-23)26-21-6-3-19(4-7-21)11-12-28-13-16-31-17-14-28/h3-4,6-9,18H,1-2,5,10-17H2,(H,26,29)(H,27,30). The molecule has 0 atom stereocenters. The van der Waals surface area contributed by atoms with Crippen LogP contribution < -0.4 is 15.4 Å². The van der Waals surface area contributed by atoms with Gasteiger partial charge in [-0.3, -0.25) is 14.5 Å². The van der Waals surface area contributed by atoms with Gasteiger partial charge in [-0.25, -0.2) is 0 Å². The topological polar surface area (TPSA) is 79.9 Å². The maximum atomic E-state index is 12.2. The maximum absolute atomic E-state index is 12.2. The number of anilines is 2. The summed E-state index contributed by atoms with van der Waals surface area (Å²) in [5, 5.41) is 5.82. The van der Waals surface area contributed by atoms with Crippen LogP contribution in [0.25, 0.3) is 0 Å². The third-order valence-electron chi connectivity index (χ3n) is 5.85. The van der Waals surface area contributed by atoms with Crippen molar-refractivity contribution in [2.75, 3.05) is 50.1 Å². The molecule has 7 heteroatoms. The number of aryl methyl sites for hydroxylation is 1. The molecule has 2 aliphatic heterocycles. The number of morpholine rings is 1. The van der Waals surface area contributed by atoms with Crippen LogP contribution in [-0.2, 0) is 27.2 Å². The summed E-state index contributed by atoms with van der Waals surface area (Å²) in [6.07, 6.45) is 3.27. The van der Waals surface area contributed by atoms with Crippen molar-refractivity contribution in [1.82, 2.24) is 4.90 Å². The van der Waals surface area contributed by atoms with Crippen LogP contribution in [0.5, 0.6) is 5.75 Å². The van der Waals surface area contributed by atoms with Crippen LogP contribution in [0, 0.1) is 0 Å². The molecule has 2 heterocycles. The Morgan fingerprint density at radius 3 is 2.72 bits per heavy atom. The number of benzene rings is 2. The third-order valence-corrected chi connectivity index (χ3v) is 5.85. The van der Waals surface area contributed by atoms with Crippen molar-refractivity contribution >= 4 is 23.2 Å². The van der Waals surface area contributed by atoms with Gasteiger partial charge in [-0.15, -0.1) is 0 Å². The molecule has 2 aromatic rings. The zero-order valence-corrected chi connectivity index (χ0v) is 18.4. The first-order valence-electron chi connectivity index (χ1n) is 11.4. The highest BCUT2D eigenvalue weighted by molar-refractivity contribution is 5.94. The van der Waals surface area contributed by atoms with Gasteiger partial charge in [0.05, 0.1) is 19.8 Å². The Morgan fingerprint density at radius 1 is 1.09 bits per heavy atom. The van der Waals surface area contributed by atoms with Gasteiger partial charge in [0.1, 0.15) is 5.75 Å². The normalized spacial score (nSPS) is 16.2. The average Bonchev–Trinajstić information content (AvgIpc) is 2.82. The number of fused-ring (bicyclic) bond motifs is 1. The highest BCUT2D eigenvalue weighted by Gasteiger charge is 2.15. The second-order valence-corrected chi connectivity index (χ2v) is 8.27. The summed E-state index contributed by atoms with van der Waals surface area (Å²) < 4.78 is 11.2. The first-order valence-corrected chi connectivity index (χ1v) is 11.4. The second kappa shape index (κ2) is 11.1. The van der Waals surface area contributed by atoms with Crippen LogP contribution in [0.4, 0.5) is 11.4 Å².